The highest BCUT2D eigenvalue weighted by atomic mass is 32.2. The predicted octanol–water partition coefficient (Wildman–Crippen LogP) is 3.60. The Morgan fingerprint density at radius 1 is 1.07 bits per heavy atom. The molecule has 2 saturated heterocycles. The predicted molar refractivity (Wildman–Crippen MR) is 152 cm³/mol. The fourth-order valence-electron chi connectivity index (χ4n) is 5.45. The highest BCUT2D eigenvalue weighted by Gasteiger charge is 2.51. The number of imidazole rings is 2. The van der Waals surface area contributed by atoms with Crippen LogP contribution >= 0.6 is 19.6 Å². The van der Waals surface area contributed by atoms with Crippen LogP contribution in [0.15, 0.2) is 93.8 Å². The normalized spacial score (nSPS) is 25.9. The number of aliphatic hydroxyl groups excluding tert-OH is 1. The summed E-state index contributed by atoms with van der Waals surface area (Å²) in [5.41, 5.74) is 1.37. The Morgan fingerprint density at radius 3 is 2.69 bits per heavy atom. The zero-order chi connectivity index (χ0) is 28.6. The second kappa shape index (κ2) is 9.61. The van der Waals surface area contributed by atoms with Gasteiger partial charge in [-0.05, 0) is 28.5 Å². The molecule has 5 atom stereocenters. The molecule has 2 aliphatic rings. The van der Waals surface area contributed by atoms with Gasteiger partial charge in [-0.3, -0.25) is 13.9 Å². The van der Waals surface area contributed by atoms with Gasteiger partial charge in [-0.25, -0.2) is 9.38 Å². The minimum Gasteiger partial charge on any atom is -0.756 e. The van der Waals surface area contributed by atoms with Crippen molar-refractivity contribution in [2.24, 2.45) is 0 Å². The molecule has 6 aromatic rings. The molecule has 0 spiro atoms. The van der Waals surface area contributed by atoms with Crippen LogP contribution in [-0.4, -0.2) is 53.9 Å². The molecule has 0 amide bonds. The van der Waals surface area contributed by atoms with E-state index in [4.69, 9.17) is 18.8 Å². The molecule has 3 aromatic carbocycles. The Labute approximate surface area is 242 Å². The van der Waals surface area contributed by atoms with E-state index < -0.39 is 37.9 Å². The van der Waals surface area contributed by atoms with Crippen molar-refractivity contribution in [2.45, 2.75) is 34.6 Å². The summed E-state index contributed by atoms with van der Waals surface area (Å²) in [6.07, 6.45) is -2.97. The zero-order valence-corrected chi connectivity index (χ0v) is 23.3. The molecular weight excluding hydrogens is 581 g/mol. The summed E-state index contributed by atoms with van der Waals surface area (Å²) >= 11 is 1.27. The first-order valence-corrected chi connectivity index (χ1v) is 15.4. The molecule has 0 aliphatic carbocycles. The maximum atomic E-state index is 13.7. The molecule has 2 N–H and O–H groups in total. The summed E-state index contributed by atoms with van der Waals surface area (Å²) in [4.78, 5) is 39.2. The molecule has 14 heteroatoms. The number of phosphoric ester groups is 1. The van der Waals surface area contributed by atoms with Gasteiger partial charge in [-0.2, -0.15) is 4.98 Å². The van der Waals surface area contributed by atoms with Crippen LogP contribution in [0.2, 0.25) is 0 Å². The quantitative estimate of drug-likeness (QED) is 0.286. The minimum atomic E-state index is -4.60. The fraction of sp³-hybridized carbons (Fsp3) is 0.179. The van der Waals surface area contributed by atoms with Crippen molar-refractivity contribution in [1.82, 2.24) is 23.9 Å². The van der Waals surface area contributed by atoms with E-state index in [-0.39, 0.29) is 25.0 Å². The third-order valence-corrected chi connectivity index (χ3v) is 9.37. The molecule has 0 radical (unpaired) electrons. The van der Waals surface area contributed by atoms with Crippen molar-refractivity contribution < 1.29 is 29.8 Å². The lowest BCUT2D eigenvalue weighted by molar-refractivity contribution is -0.245. The fourth-order valence-corrected chi connectivity index (χ4v) is 7.36. The van der Waals surface area contributed by atoms with Crippen LogP contribution in [0.1, 0.15) is 7.65 Å². The number of nitrogens with zero attached hydrogens (tertiary/aromatic N) is 4. The molecule has 3 aromatic heterocycles. The van der Waals surface area contributed by atoms with Crippen LogP contribution in [0.4, 0.5) is 0 Å². The number of ether oxygens (including phenoxy) is 1. The van der Waals surface area contributed by atoms with Gasteiger partial charge in [0.05, 0.1) is 12.3 Å². The van der Waals surface area contributed by atoms with E-state index in [1.54, 1.807) is 6.20 Å². The molecular formula is C28H22N5O7PS. The molecule has 5 heterocycles. The Balaban J connectivity index is 0.00000300. The maximum Gasteiger partial charge on any atom is 1.00 e. The minimum absolute atomic E-state index is 0. The van der Waals surface area contributed by atoms with Crippen molar-refractivity contribution in [3.8, 4) is 11.3 Å². The smallest absolute Gasteiger partial charge is 0.756 e. The van der Waals surface area contributed by atoms with Crippen LogP contribution in [0.3, 0.4) is 0 Å². The van der Waals surface area contributed by atoms with Crippen molar-refractivity contribution in [2.75, 3.05) is 6.61 Å². The lowest BCUT2D eigenvalue weighted by atomic mass is 10.1. The summed E-state index contributed by atoms with van der Waals surface area (Å²) in [6.45, 7) is -0.309. The number of nitrogens with one attached hydrogen (secondary N) is 1. The van der Waals surface area contributed by atoms with Gasteiger partial charge in [0, 0.05) is 11.1 Å². The lowest BCUT2D eigenvalue weighted by Gasteiger charge is -2.34. The molecule has 2 fully saturated rings. The Morgan fingerprint density at radius 2 is 1.86 bits per heavy atom. The van der Waals surface area contributed by atoms with E-state index >= 15 is 0 Å². The first kappa shape index (κ1) is 25.9. The highest BCUT2D eigenvalue weighted by Crippen LogP contribution is 2.50. The van der Waals surface area contributed by atoms with Crippen LogP contribution in [0.25, 0.3) is 39.0 Å². The number of benzene rings is 3. The molecule has 12 nitrogen and oxygen atoms in total. The molecule has 0 saturated carbocycles. The summed E-state index contributed by atoms with van der Waals surface area (Å²) in [5.74, 6) is 0.267. The number of aromatic amines is 1. The topological polar surface area (TPSA) is 156 Å². The van der Waals surface area contributed by atoms with Crippen molar-refractivity contribution in [3.63, 3.8) is 0 Å². The van der Waals surface area contributed by atoms with E-state index in [0.717, 1.165) is 21.2 Å². The van der Waals surface area contributed by atoms with E-state index in [1.807, 2.05) is 72.8 Å². The summed E-state index contributed by atoms with van der Waals surface area (Å²) in [5, 5.41) is 13.7. The van der Waals surface area contributed by atoms with Gasteiger partial charge in [-0.15, -0.1) is 0 Å². The molecule has 42 heavy (non-hydrogen) atoms. The number of phosphoric acid groups is 1. The monoisotopic (exact) mass is 603 g/mol. The first-order chi connectivity index (χ1) is 20.3. The maximum absolute atomic E-state index is 13.7. The van der Waals surface area contributed by atoms with Gasteiger partial charge in [0.2, 0.25) is 5.78 Å². The Bertz CT molecular complexity index is 2120. The number of rotatable bonds is 4. The molecule has 3 unspecified atom stereocenters. The summed E-state index contributed by atoms with van der Waals surface area (Å²) in [7, 11) is -4.60. The van der Waals surface area contributed by atoms with Crippen molar-refractivity contribution in [3.05, 3.63) is 89.3 Å². The third kappa shape index (κ3) is 4.21. The standard InChI is InChI=1S/C28H22N5O7PS/c34-22-23-20(14-38-41(36,37)40-23)39-26(22)33-24-21(30-28(33)42-18-11-10-15-6-4-5-9-17(15)12-18)25(35)32-13-19(29-27(32)31-24)16-7-2-1-3-8-16/h1-13,20,22-23,26,34H,14H2,(H,29,31)(H,36,37)/t20?,22?,23-,26-/m1/s1. The summed E-state index contributed by atoms with van der Waals surface area (Å²) < 4.78 is 30.9. The molecule has 0 bridgehead atoms. The van der Waals surface area contributed by atoms with E-state index in [1.165, 1.54) is 20.7 Å². The van der Waals surface area contributed by atoms with E-state index in [0.29, 0.717) is 10.9 Å². The zero-order valence-electron chi connectivity index (χ0n) is 22.6. The molecule has 8 rings (SSSR count). The SMILES string of the molecule is O=c1c2nc(Sc3ccc4ccccc4c3)n([C@@H]3OC4COP(=O)([O-])O[C@H]4C3O)c2nc2[nH]c(-c3ccccc3)cn12.[H+]. The van der Waals surface area contributed by atoms with Gasteiger partial charge in [0.25, 0.3) is 13.4 Å². The largest absolute Gasteiger partial charge is 1.00 e. The number of hydrogen-bond donors (Lipinski definition) is 2. The third-order valence-electron chi connectivity index (χ3n) is 7.45. The number of H-pyrrole nitrogens is 1. The van der Waals surface area contributed by atoms with Gasteiger partial charge >= 0.3 is 1.43 Å². The van der Waals surface area contributed by atoms with Gasteiger partial charge in [-0.1, -0.05) is 72.4 Å². The number of aromatic nitrogens is 5. The lowest BCUT2D eigenvalue weighted by Crippen LogP contribution is -2.41. The molecule has 212 valence electrons. The Kier molecular flexibility index (Phi) is 5.92. The summed E-state index contributed by atoms with van der Waals surface area (Å²) in [6, 6.07) is 23.3. The van der Waals surface area contributed by atoms with Crippen LogP contribution in [0.5, 0.6) is 0 Å². The van der Waals surface area contributed by atoms with Crippen LogP contribution < -0.4 is 10.5 Å². The first-order valence-electron chi connectivity index (χ1n) is 13.1. The number of hydrogen-bond acceptors (Lipinski definition) is 10. The van der Waals surface area contributed by atoms with E-state index in [9.17, 15) is 19.4 Å². The van der Waals surface area contributed by atoms with Crippen LogP contribution in [0, 0.1) is 0 Å². The second-order valence-electron chi connectivity index (χ2n) is 10.1. The van der Waals surface area contributed by atoms with Crippen molar-refractivity contribution in [1.29, 1.82) is 0 Å². The number of fused-ring (bicyclic) bond motifs is 4. The van der Waals surface area contributed by atoms with Crippen LogP contribution in [-0.2, 0) is 18.3 Å². The molecule has 2 aliphatic heterocycles. The van der Waals surface area contributed by atoms with Crippen molar-refractivity contribution >= 4 is 47.3 Å². The highest BCUT2D eigenvalue weighted by molar-refractivity contribution is 7.99. The average Bonchev–Trinajstić information content (AvgIpc) is 3.67. The van der Waals surface area contributed by atoms with Gasteiger partial charge < -0.3 is 28.8 Å². The Hall–Kier alpha value is -3.81. The van der Waals surface area contributed by atoms with Gasteiger partial charge in [0.15, 0.2) is 22.5 Å². The van der Waals surface area contributed by atoms with E-state index in [2.05, 4.69) is 9.97 Å². The number of aliphatic hydroxyl groups is 1. The van der Waals surface area contributed by atoms with Gasteiger partial charge in [0.1, 0.15) is 18.3 Å². The second-order valence-corrected chi connectivity index (χ2v) is 12.5. The average molecular weight is 604 g/mol.